The molecular formula is C14H23NO3. The topological polar surface area (TPSA) is 46.6 Å². The number of rotatable bonds is 2. The van der Waals surface area contributed by atoms with Crippen LogP contribution >= 0.6 is 0 Å². The summed E-state index contributed by atoms with van der Waals surface area (Å²) in [6.45, 7) is 6.77. The van der Waals surface area contributed by atoms with Crippen LogP contribution in [0.3, 0.4) is 0 Å². The van der Waals surface area contributed by atoms with Crippen molar-refractivity contribution in [3.05, 3.63) is 0 Å². The summed E-state index contributed by atoms with van der Waals surface area (Å²) in [5, 5.41) is 0. The minimum absolute atomic E-state index is 0.0443. The van der Waals surface area contributed by atoms with Gasteiger partial charge in [0.2, 0.25) is 0 Å². The molecule has 1 heterocycles. The molecule has 1 saturated heterocycles. The molecule has 2 rings (SSSR count). The van der Waals surface area contributed by atoms with Crippen molar-refractivity contribution in [1.82, 2.24) is 4.90 Å². The zero-order valence-electron chi connectivity index (χ0n) is 11.6. The zero-order valence-corrected chi connectivity index (χ0v) is 11.6. The highest BCUT2D eigenvalue weighted by atomic mass is 16.6. The normalized spacial score (nSPS) is 24.8. The van der Waals surface area contributed by atoms with E-state index in [0.717, 1.165) is 19.3 Å². The highest BCUT2D eigenvalue weighted by Gasteiger charge is 2.37. The van der Waals surface area contributed by atoms with E-state index in [1.807, 2.05) is 20.8 Å². The molecule has 102 valence electrons. The lowest BCUT2D eigenvalue weighted by Gasteiger charge is -2.27. The van der Waals surface area contributed by atoms with Gasteiger partial charge in [-0.05, 0) is 40.0 Å². The van der Waals surface area contributed by atoms with Crippen LogP contribution in [0.2, 0.25) is 0 Å². The van der Waals surface area contributed by atoms with Gasteiger partial charge < -0.3 is 9.64 Å². The summed E-state index contributed by atoms with van der Waals surface area (Å²) in [5.74, 6) is 0.684. The molecule has 1 amide bonds. The summed E-state index contributed by atoms with van der Waals surface area (Å²) < 4.78 is 5.33. The molecule has 1 aliphatic heterocycles. The highest BCUT2D eigenvalue weighted by molar-refractivity contribution is 5.85. The molecule has 0 radical (unpaired) electrons. The summed E-state index contributed by atoms with van der Waals surface area (Å²) in [7, 11) is 0. The standard InChI is InChI=1S/C14H23NO3/c1-14(2,3)18-13(17)15-8-7-11(9-15)12(16)10-5-4-6-10/h10-11H,4-9H2,1-3H3/t11-/m0/s1. The first kappa shape index (κ1) is 13.4. The van der Waals surface area contributed by atoms with Crippen molar-refractivity contribution in [2.45, 2.75) is 52.1 Å². The van der Waals surface area contributed by atoms with Gasteiger partial charge in [-0.1, -0.05) is 6.42 Å². The first-order chi connectivity index (χ1) is 8.37. The average Bonchev–Trinajstić information content (AvgIpc) is 2.60. The Hall–Kier alpha value is -1.06. The van der Waals surface area contributed by atoms with Crippen LogP contribution in [0.25, 0.3) is 0 Å². The first-order valence-electron chi connectivity index (χ1n) is 6.88. The molecular weight excluding hydrogens is 230 g/mol. The molecule has 1 saturated carbocycles. The number of hydrogen-bond donors (Lipinski definition) is 0. The molecule has 2 fully saturated rings. The summed E-state index contributed by atoms with van der Waals surface area (Å²) in [6.07, 6.45) is 3.78. The summed E-state index contributed by atoms with van der Waals surface area (Å²) in [4.78, 5) is 25.7. The quantitative estimate of drug-likeness (QED) is 0.760. The molecule has 0 bridgehead atoms. The summed E-state index contributed by atoms with van der Waals surface area (Å²) in [5.41, 5.74) is -0.465. The fraction of sp³-hybridized carbons (Fsp3) is 0.857. The third kappa shape index (κ3) is 3.03. The number of ether oxygens (including phenoxy) is 1. The number of amides is 1. The molecule has 18 heavy (non-hydrogen) atoms. The largest absolute Gasteiger partial charge is 0.444 e. The van der Waals surface area contributed by atoms with Crippen LogP contribution in [0, 0.1) is 11.8 Å². The number of carbonyl (C=O) groups is 2. The molecule has 4 nitrogen and oxygen atoms in total. The van der Waals surface area contributed by atoms with Crippen molar-refractivity contribution in [3.8, 4) is 0 Å². The molecule has 2 aliphatic rings. The van der Waals surface area contributed by atoms with Crippen molar-refractivity contribution in [1.29, 1.82) is 0 Å². The molecule has 0 aromatic heterocycles. The number of carbonyl (C=O) groups excluding carboxylic acids is 2. The molecule has 0 aromatic rings. The van der Waals surface area contributed by atoms with Gasteiger partial charge in [-0.3, -0.25) is 4.79 Å². The van der Waals surface area contributed by atoms with Crippen molar-refractivity contribution < 1.29 is 14.3 Å². The maximum atomic E-state index is 12.1. The van der Waals surface area contributed by atoms with E-state index < -0.39 is 5.60 Å². The van der Waals surface area contributed by atoms with Gasteiger partial charge in [0.15, 0.2) is 0 Å². The summed E-state index contributed by atoms with van der Waals surface area (Å²) in [6, 6.07) is 0. The molecule has 4 heteroatoms. The predicted octanol–water partition coefficient (Wildman–Crippen LogP) is 2.61. The Morgan fingerprint density at radius 2 is 1.78 bits per heavy atom. The Morgan fingerprint density at radius 1 is 1.11 bits per heavy atom. The average molecular weight is 253 g/mol. The van der Waals surface area contributed by atoms with E-state index in [0.29, 0.717) is 18.9 Å². The molecule has 1 atom stereocenters. The van der Waals surface area contributed by atoms with E-state index in [9.17, 15) is 9.59 Å². The van der Waals surface area contributed by atoms with Crippen LogP contribution in [-0.2, 0) is 9.53 Å². The third-order valence-electron chi connectivity index (χ3n) is 3.75. The fourth-order valence-corrected chi connectivity index (χ4v) is 2.51. The van der Waals surface area contributed by atoms with Gasteiger partial charge in [-0.2, -0.15) is 0 Å². The lowest BCUT2D eigenvalue weighted by atomic mass is 9.77. The van der Waals surface area contributed by atoms with E-state index in [-0.39, 0.29) is 17.9 Å². The van der Waals surface area contributed by atoms with Gasteiger partial charge in [0.25, 0.3) is 0 Å². The Morgan fingerprint density at radius 3 is 2.28 bits per heavy atom. The van der Waals surface area contributed by atoms with Crippen molar-refractivity contribution in [3.63, 3.8) is 0 Å². The number of ketones is 1. The zero-order chi connectivity index (χ0) is 13.3. The lowest BCUT2D eigenvalue weighted by molar-refractivity contribution is -0.128. The van der Waals surface area contributed by atoms with E-state index in [1.165, 1.54) is 6.42 Å². The van der Waals surface area contributed by atoms with Crippen LogP contribution in [-0.4, -0.2) is 35.5 Å². The maximum absolute atomic E-state index is 12.1. The second kappa shape index (κ2) is 4.90. The Labute approximate surface area is 109 Å². The van der Waals surface area contributed by atoms with Crippen LogP contribution in [0.1, 0.15) is 46.5 Å². The molecule has 0 spiro atoms. The minimum atomic E-state index is -0.465. The lowest BCUT2D eigenvalue weighted by Crippen LogP contribution is -2.37. The summed E-state index contributed by atoms with van der Waals surface area (Å²) >= 11 is 0. The van der Waals surface area contributed by atoms with Crippen LogP contribution in [0.5, 0.6) is 0 Å². The van der Waals surface area contributed by atoms with Crippen molar-refractivity contribution in [2.75, 3.05) is 13.1 Å². The van der Waals surface area contributed by atoms with E-state index >= 15 is 0 Å². The molecule has 0 aromatic carbocycles. The third-order valence-corrected chi connectivity index (χ3v) is 3.75. The Bertz CT molecular complexity index is 341. The smallest absolute Gasteiger partial charge is 0.410 e. The molecule has 0 N–H and O–H groups in total. The van der Waals surface area contributed by atoms with Gasteiger partial charge in [-0.15, -0.1) is 0 Å². The fourth-order valence-electron chi connectivity index (χ4n) is 2.51. The maximum Gasteiger partial charge on any atom is 0.410 e. The van der Waals surface area contributed by atoms with Gasteiger partial charge >= 0.3 is 6.09 Å². The SMILES string of the molecule is CC(C)(C)OC(=O)N1CC[C@H](C(=O)C2CCC2)C1. The monoisotopic (exact) mass is 253 g/mol. The van der Waals surface area contributed by atoms with Gasteiger partial charge in [0.05, 0.1) is 0 Å². The first-order valence-corrected chi connectivity index (χ1v) is 6.88. The van der Waals surface area contributed by atoms with Crippen molar-refractivity contribution in [2.24, 2.45) is 11.8 Å². The second-order valence-corrected chi connectivity index (χ2v) is 6.44. The molecule has 1 aliphatic carbocycles. The highest BCUT2D eigenvalue weighted by Crippen LogP contribution is 2.32. The molecule has 0 unspecified atom stereocenters. The van der Waals surface area contributed by atoms with Crippen LogP contribution in [0.4, 0.5) is 4.79 Å². The Balaban J connectivity index is 1.84. The van der Waals surface area contributed by atoms with Crippen LogP contribution in [0.15, 0.2) is 0 Å². The van der Waals surface area contributed by atoms with Gasteiger partial charge in [0, 0.05) is 24.9 Å². The number of nitrogens with zero attached hydrogens (tertiary/aromatic N) is 1. The van der Waals surface area contributed by atoms with Crippen molar-refractivity contribution >= 4 is 11.9 Å². The van der Waals surface area contributed by atoms with E-state index in [2.05, 4.69) is 0 Å². The van der Waals surface area contributed by atoms with E-state index in [1.54, 1.807) is 4.90 Å². The van der Waals surface area contributed by atoms with Gasteiger partial charge in [0.1, 0.15) is 11.4 Å². The second-order valence-electron chi connectivity index (χ2n) is 6.44. The number of likely N-dealkylation sites (tertiary alicyclic amines) is 1. The predicted molar refractivity (Wildman–Crippen MR) is 68.3 cm³/mol. The Kier molecular flexibility index (Phi) is 3.64. The number of Topliss-reactive ketones (excluding diaryl/α,β-unsaturated/α-hetero) is 1. The number of hydrogen-bond acceptors (Lipinski definition) is 3. The van der Waals surface area contributed by atoms with E-state index in [4.69, 9.17) is 4.74 Å². The minimum Gasteiger partial charge on any atom is -0.444 e. The van der Waals surface area contributed by atoms with Gasteiger partial charge in [-0.25, -0.2) is 4.79 Å². The van der Waals surface area contributed by atoms with Crippen LogP contribution < -0.4 is 0 Å².